The third-order valence-corrected chi connectivity index (χ3v) is 4.51. The highest BCUT2D eigenvalue weighted by Gasteiger charge is 2.19. The Bertz CT molecular complexity index is 447. The SMILES string of the molecule is CC1CSCCN1CCC(=O)c1cc(F)cc(F)c1. The lowest BCUT2D eigenvalue weighted by molar-refractivity contribution is 0.0957. The summed E-state index contributed by atoms with van der Waals surface area (Å²) >= 11 is 1.92. The lowest BCUT2D eigenvalue weighted by Crippen LogP contribution is -2.41. The van der Waals surface area contributed by atoms with Crippen LogP contribution in [0.1, 0.15) is 23.7 Å². The fraction of sp³-hybridized carbons (Fsp3) is 0.500. The van der Waals surface area contributed by atoms with E-state index < -0.39 is 11.6 Å². The minimum atomic E-state index is -0.703. The Morgan fingerprint density at radius 2 is 2.05 bits per heavy atom. The van der Waals surface area contributed by atoms with Gasteiger partial charge in [-0.3, -0.25) is 9.69 Å². The maximum absolute atomic E-state index is 13.0. The summed E-state index contributed by atoms with van der Waals surface area (Å²) in [5, 5.41) is 0. The maximum Gasteiger partial charge on any atom is 0.164 e. The summed E-state index contributed by atoms with van der Waals surface area (Å²) in [6, 6.07) is 3.43. The highest BCUT2D eigenvalue weighted by molar-refractivity contribution is 7.99. The molecule has 5 heteroatoms. The lowest BCUT2D eigenvalue weighted by atomic mass is 10.1. The zero-order valence-electron chi connectivity index (χ0n) is 10.9. The van der Waals surface area contributed by atoms with Crippen LogP contribution in [0.15, 0.2) is 18.2 Å². The van der Waals surface area contributed by atoms with Crippen molar-refractivity contribution < 1.29 is 13.6 Å². The molecule has 0 bridgehead atoms. The molecule has 1 fully saturated rings. The second kappa shape index (κ2) is 6.48. The van der Waals surface area contributed by atoms with Crippen molar-refractivity contribution in [3.8, 4) is 0 Å². The fourth-order valence-electron chi connectivity index (χ4n) is 2.20. The van der Waals surface area contributed by atoms with Gasteiger partial charge in [-0.05, 0) is 19.1 Å². The Kier molecular flexibility index (Phi) is 4.93. The van der Waals surface area contributed by atoms with Crippen molar-refractivity contribution in [3.05, 3.63) is 35.4 Å². The molecule has 1 aliphatic rings. The molecular formula is C14H17F2NOS. The van der Waals surface area contributed by atoms with E-state index in [0.717, 1.165) is 36.2 Å². The van der Waals surface area contributed by atoms with Crippen LogP contribution in [0, 0.1) is 11.6 Å². The largest absolute Gasteiger partial charge is 0.299 e. The van der Waals surface area contributed by atoms with Crippen molar-refractivity contribution in [3.63, 3.8) is 0 Å². The molecule has 0 radical (unpaired) electrons. The zero-order valence-corrected chi connectivity index (χ0v) is 11.7. The Balaban J connectivity index is 1.93. The first kappa shape index (κ1) is 14.5. The number of benzene rings is 1. The summed E-state index contributed by atoms with van der Waals surface area (Å²) < 4.78 is 26.1. The standard InChI is InChI=1S/C14H17F2NOS/c1-10-9-19-5-4-17(10)3-2-14(18)11-6-12(15)8-13(16)7-11/h6-8,10H,2-5,9H2,1H3. The van der Waals surface area contributed by atoms with Crippen LogP contribution in [-0.4, -0.2) is 41.3 Å². The van der Waals surface area contributed by atoms with Crippen LogP contribution in [0.5, 0.6) is 0 Å². The van der Waals surface area contributed by atoms with E-state index in [0.29, 0.717) is 19.0 Å². The van der Waals surface area contributed by atoms with Crippen molar-refractivity contribution in [1.82, 2.24) is 4.90 Å². The first-order valence-electron chi connectivity index (χ1n) is 6.37. The Labute approximate surface area is 116 Å². The van der Waals surface area contributed by atoms with Crippen LogP contribution in [-0.2, 0) is 0 Å². The monoisotopic (exact) mass is 285 g/mol. The third kappa shape index (κ3) is 4.01. The number of carbonyl (C=O) groups is 1. The van der Waals surface area contributed by atoms with E-state index in [1.807, 2.05) is 11.8 Å². The average Bonchev–Trinajstić information content (AvgIpc) is 2.36. The Morgan fingerprint density at radius 3 is 2.68 bits per heavy atom. The first-order chi connectivity index (χ1) is 9.06. The number of carbonyl (C=O) groups excluding carboxylic acids is 1. The topological polar surface area (TPSA) is 20.3 Å². The molecule has 0 aliphatic carbocycles. The van der Waals surface area contributed by atoms with Gasteiger partial charge in [0.1, 0.15) is 11.6 Å². The predicted molar refractivity (Wildman–Crippen MR) is 73.7 cm³/mol. The summed E-state index contributed by atoms with van der Waals surface area (Å²) in [5.41, 5.74) is 0.122. The van der Waals surface area contributed by atoms with Crippen LogP contribution in [0.2, 0.25) is 0 Å². The van der Waals surface area contributed by atoms with E-state index >= 15 is 0 Å². The van der Waals surface area contributed by atoms with Gasteiger partial charge in [-0.1, -0.05) is 0 Å². The molecular weight excluding hydrogens is 268 g/mol. The number of rotatable bonds is 4. The van der Waals surface area contributed by atoms with Crippen molar-refractivity contribution >= 4 is 17.5 Å². The minimum absolute atomic E-state index is 0.122. The number of ketones is 1. The summed E-state index contributed by atoms with van der Waals surface area (Å²) in [6.45, 7) is 3.76. The van der Waals surface area contributed by atoms with Gasteiger partial charge in [0, 0.05) is 48.7 Å². The molecule has 0 spiro atoms. The van der Waals surface area contributed by atoms with Crippen molar-refractivity contribution in [1.29, 1.82) is 0 Å². The molecule has 1 unspecified atom stereocenters. The highest BCUT2D eigenvalue weighted by atomic mass is 32.2. The van der Waals surface area contributed by atoms with Crippen LogP contribution < -0.4 is 0 Å². The molecule has 0 aromatic heterocycles. The van der Waals surface area contributed by atoms with Gasteiger partial charge in [-0.2, -0.15) is 11.8 Å². The summed E-state index contributed by atoms with van der Waals surface area (Å²) in [4.78, 5) is 14.2. The number of Topliss-reactive ketones (excluding diaryl/α,β-unsaturated/α-hetero) is 1. The molecule has 1 atom stereocenters. The van der Waals surface area contributed by atoms with Crippen LogP contribution in [0.4, 0.5) is 8.78 Å². The molecule has 1 aliphatic heterocycles. The fourth-order valence-corrected chi connectivity index (χ4v) is 3.28. The molecule has 0 saturated carbocycles. The normalized spacial score (nSPS) is 20.5. The molecule has 1 aromatic carbocycles. The van der Waals surface area contributed by atoms with Gasteiger partial charge < -0.3 is 0 Å². The Hall–Kier alpha value is -0.940. The number of hydrogen-bond acceptors (Lipinski definition) is 3. The smallest absolute Gasteiger partial charge is 0.164 e. The second-order valence-corrected chi connectivity index (χ2v) is 5.94. The van der Waals surface area contributed by atoms with Crippen molar-refractivity contribution in [2.75, 3.05) is 24.6 Å². The van der Waals surface area contributed by atoms with Crippen LogP contribution >= 0.6 is 11.8 Å². The van der Waals surface area contributed by atoms with Gasteiger partial charge in [0.25, 0.3) is 0 Å². The van der Waals surface area contributed by atoms with E-state index in [2.05, 4.69) is 11.8 Å². The van der Waals surface area contributed by atoms with Gasteiger partial charge in [-0.15, -0.1) is 0 Å². The third-order valence-electron chi connectivity index (χ3n) is 3.32. The molecule has 104 valence electrons. The molecule has 0 amide bonds. The lowest BCUT2D eigenvalue weighted by Gasteiger charge is -2.32. The quantitative estimate of drug-likeness (QED) is 0.793. The number of nitrogens with zero attached hydrogens (tertiary/aromatic N) is 1. The molecule has 1 saturated heterocycles. The summed E-state index contributed by atoms with van der Waals surface area (Å²) in [5.74, 6) is 0.539. The van der Waals surface area contributed by atoms with E-state index in [-0.39, 0.29) is 11.3 Å². The zero-order chi connectivity index (χ0) is 13.8. The molecule has 19 heavy (non-hydrogen) atoms. The van der Waals surface area contributed by atoms with Gasteiger partial charge in [0.15, 0.2) is 5.78 Å². The van der Waals surface area contributed by atoms with E-state index in [9.17, 15) is 13.6 Å². The molecule has 2 rings (SSSR count). The Morgan fingerprint density at radius 1 is 1.37 bits per heavy atom. The van der Waals surface area contributed by atoms with Crippen LogP contribution in [0.3, 0.4) is 0 Å². The number of thioether (sulfide) groups is 1. The van der Waals surface area contributed by atoms with Crippen molar-refractivity contribution in [2.45, 2.75) is 19.4 Å². The number of hydrogen-bond donors (Lipinski definition) is 0. The van der Waals surface area contributed by atoms with Gasteiger partial charge in [0.05, 0.1) is 0 Å². The first-order valence-corrected chi connectivity index (χ1v) is 7.53. The molecule has 1 aromatic rings. The average molecular weight is 285 g/mol. The summed E-state index contributed by atoms with van der Waals surface area (Å²) in [7, 11) is 0. The highest BCUT2D eigenvalue weighted by Crippen LogP contribution is 2.17. The number of halogens is 2. The van der Waals surface area contributed by atoms with Gasteiger partial charge >= 0.3 is 0 Å². The second-order valence-electron chi connectivity index (χ2n) is 4.79. The van der Waals surface area contributed by atoms with Crippen LogP contribution in [0.25, 0.3) is 0 Å². The predicted octanol–water partition coefficient (Wildman–Crippen LogP) is 2.97. The molecule has 1 heterocycles. The summed E-state index contributed by atoms with van der Waals surface area (Å²) in [6.07, 6.45) is 0.303. The molecule has 0 N–H and O–H groups in total. The maximum atomic E-state index is 13.0. The van der Waals surface area contributed by atoms with E-state index in [1.54, 1.807) is 0 Å². The van der Waals surface area contributed by atoms with Gasteiger partial charge in [-0.25, -0.2) is 8.78 Å². The van der Waals surface area contributed by atoms with E-state index in [1.165, 1.54) is 0 Å². The minimum Gasteiger partial charge on any atom is -0.299 e. The molecule has 2 nitrogen and oxygen atoms in total. The van der Waals surface area contributed by atoms with Crippen molar-refractivity contribution in [2.24, 2.45) is 0 Å². The van der Waals surface area contributed by atoms with Gasteiger partial charge in [0.2, 0.25) is 0 Å². The van der Waals surface area contributed by atoms with E-state index in [4.69, 9.17) is 0 Å².